The summed E-state index contributed by atoms with van der Waals surface area (Å²) in [6.07, 6.45) is 1.43. The maximum Gasteiger partial charge on any atom is 0.416 e. The van der Waals surface area contributed by atoms with E-state index in [2.05, 4.69) is 4.98 Å². The summed E-state index contributed by atoms with van der Waals surface area (Å²) in [6, 6.07) is 10.6. The van der Waals surface area contributed by atoms with E-state index < -0.39 is 45.4 Å². The summed E-state index contributed by atoms with van der Waals surface area (Å²) in [6.45, 7) is 16.3. The van der Waals surface area contributed by atoms with Crippen LogP contribution in [0.15, 0.2) is 53.6 Å². The highest BCUT2D eigenvalue weighted by Gasteiger charge is 2.34. The third-order valence-electron chi connectivity index (χ3n) is 8.03. The zero-order chi connectivity index (χ0) is 42.0. The fourth-order valence-electron chi connectivity index (χ4n) is 5.77. The molecule has 17 heteroatoms. The highest BCUT2D eigenvalue weighted by molar-refractivity contribution is 7.92. The fraction of sp³-hybridized carbons (Fsp3) is 0.513. The number of ether oxygens (including phenoxy) is 3. The van der Waals surface area contributed by atoms with Crippen LogP contribution in [0, 0.1) is 0 Å². The third kappa shape index (κ3) is 12.4. The van der Waals surface area contributed by atoms with Gasteiger partial charge in [-0.05, 0) is 117 Å². The molecule has 0 fully saturated rings. The zero-order valence-corrected chi connectivity index (χ0v) is 36.3. The van der Waals surface area contributed by atoms with Gasteiger partial charge < -0.3 is 23.6 Å². The first-order valence-corrected chi connectivity index (χ1v) is 20.3. The van der Waals surface area contributed by atoms with Crippen LogP contribution in [-0.2, 0) is 40.2 Å². The van der Waals surface area contributed by atoms with E-state index in [1.54, 1.807) is 72.0 Å². The molecule has 0 bridgehead atoms. The summed E-state index contributed by atoms with van der Waals surface area (Å²) in [5, 5.41) is 0.239. The SMILES string of the molecule is CC(C)(C)OC(=O)CN(c1ccc2c(c1)CCN2c1nccc(N(CC[N+](C)(C)CC(=O)OC(C)(C)C)C(=O)OC(C)(C)C)n1)S(=O)(=O)c1cc(Cl)cc(Cl)c1. The standard InChI is InChI=1S/C39H53Cl2N6O8S/c1-37(2,3)53-33(48)24-46(56(51,52)30-22-27(40)21-28(41)23-30)29-12-13-31-26(20-29)15-17-44(31)35-42-16-14-32(43-35)45(36(50)55-39(7,8)9)18-19-47(10,11)25-34(49)54-38(4,5)6/h12-14,16,20-23H,15,17-19,24-25H2,1-11H3/q+1. The van der Waals surface area contributed by atoms with E-state index in [4.69, 9.17) is 42.4 Å². The smallest absolute Gasteiger partial charge is 0.416 e. The van der Waals surface area contributed by atoms with E-state index >= 15 is 0 Å². The monoisotopic (exact) mass is 835 g/mol. The van der Waals surface area contributed by atoms with Gasteiger partial charge in [-0.2, -0.15) is 4.98 Å². The molecule has 14 nitrogen and oxygen atoms in total. The van der Waals surface area contributed by atoms with Crippen LogP contribution in [-0.4, -0.2) is 105 Å². The summed E-state index contributed by atoms with van der Waals surface area (Å²) in [5.41, 5.74) is -0.559. The quantitative estimate of drug-likeness (QED) is 0.104. The lowest BCUT2D eigenvalue weighted by molar-refractivity contribution is -0.881. The lowest BCUT2D eigenvalue weighted by Gasteiger charge is -2.33. The van der Waals surface area contributed by atoms with Gasteiger partial charge in [-0.25, -0.2) is 23.0 Å². The van der Waals surface area contributed by atoms with Gasteiger partial charge in [-0.1, -0.05) is 23.2 Å². The van der Waals surface area contributed by atoms with Crippen molar-refractivity contribution in [2.75, 3.05) is 60.9 Å². The second kappa shape index (κ2) is 16.7. The summed E-state index contributed by atoms with van der Waals surface area (Å²) in [4.78, 5) is 51.8. The minimum atomic E-state index is -4.35. The van der Waals surface area contributed by atoms with Crippen molar-refractivity contribution in [2.24, 2.45) is 0 Å². The lowest BCUT2D eigenvalue weighted by atomic mass is 10.1. The molecule has 2 heterocycles. The van der Waals surface area contributed by atoms with Crippen LogP contribution in [0.1, 0.15) is 67.9 Å². The number of nitrogens with zero attached hydrogens (tertiary/aromatic N) is 6. The first-order valence-electron chi connectivity index (χ1n) is 18.1. The van der Waals surface area contributed by atoms with Crippen LogP contribution in [0.2, 0.25) is 10.0 Å². The van der Waals surface area contributed by atoms with Gasteiger partial charge in [0.25, 0.3) is 10.0 Å². The number of esters is 2. The number of rotatable bonds is 12. The number of aromatic nitrogens is 2. The molecule has 1 aromatic heterocycles. The summed E-state index contributed by atoms with van der Waals surface area (Å²) in [5.74, 6) is -0.507. The van der Waals surface area contributed by atoms with Crippen molar-refractivity contribution in [1.29, 1.82) is 0 Å². The minimum Gasteiger partial charge on any atom is -0.459 e. The third-order valence-corrected chi connectivity index (χ3v) is 10.2. The Labute approximate surface area is 340 Å². The number of amides is 1. The first kappa shape index (κ1) is 44.5. The normalized spacial score (nSPS) is 13.6. The van der Waals surface area contributed by atoms with Crippen LogP contribution in [0.4, 0.5) is 27.9 Å². The largest absolute Gasteiger partial charge is 0.459 e. The molecule has 306 valence electrons. The molecule has 0 aliphatic carbocycles. The van der Waals surface area contributed by atoms with Gasteiger partial charge >= 0.3 is 18.0 Å². The maximum absolute atomic E-state index is 14.1. The first-order chi connectivity index (χ1) is 25.6. The van der Waals surface area contributed by atoms with Gasteiger partial charge in [-0.3, -0.25) is 14.0 Å². The van der Waals surface area contributed by atoms with Crippen molar-refractivity contribution < 1.29 is 41.5 Å². The van der Waals surface area contributed by atoms with Crippen LogP contribution >= 0.6 is 23.2 Å². The van der Waals surface area contributed by atoms with E-state index in [1.807, 2.05) is 39.8 Å². The Morgan fingerprint density at radius 3 is 2.02 bits per heavy atom. The van der Waals surface area contributed by atoms with Crippen LogP contribution in [0.5, 0.6) is 0 Å². The van der Waals surface area contributed by atoms with Crippen LogP contribution in [0.25, 0.3) is 0 Å². The molecule has 0 radical (unpaired) electrons. The van der Waals surface area contributed by atoms with Gasteiger partial charge in [-0.15, -0.1) is 0 Å². The molecule has 4 rings (SSSR count). The zero-order valence-electron chi connectivity index (χ0n) is 34.0. The number of carbonyl (C=O) groups is 3. The van der Waals surface area contributed by atoms with Gasteiger partial charge in [0.05, 0.1) is 37.8 Å². The van der Waals surface area contributed by atoms with E-state index in [0.29, 0.717) is 37.0 Å². The summed E-state index contributed by atoms with van der Waals surface area (Å²) in [7, 11) is -0.597. The van der Waals surface area contributed by atoms with E-state index in [9.17, 15) is 22.8 Å². The number of carbonyl (C=O) groups excluding carboxylic acids is 3. The second-order valence-corrected chi connectivity index (χ2v) is 19.9. The molecule has 0 saturated heterocycles. The Morgan fingerprint density at radius 2 is 1.43 bits per heavy atom. The molecule has 0 spiro atoms. The van der Waals surface area contributed by atoms with Gasteiger partial charge in [0.1, 0.15) is 29.2 Å². The van der Waals surface area contributed by atoms with Gasteiger partial charge in [0.15, 0.2) is 6.54 Å². The highest BCUT2D eigenvalue weighted by atomic mass is 35.5. The molecule has 1 amide bonds. The average molecular weight is 837 g/mol. The summed E-state index contributed by atoms with van der Waals surface area (Å²) < 4.78 is 46.2. The number of likely N-dealkylation sites (N-methyl/N-ethyl adjacent to an activating group) is 1. The number of hydrogen-bond donors (Lipinski definition) is 0. The molecular weight excluding hydrogens is 783 g/mol. The Balaban J connectivity index is 1.67. The van der Waals surface area contributed by atoms with E-state index in [0.717, 1.165) is 9.87 Å². The number of halogens is 2. The molecule has 0 saturated carbocycles. The molecular formula is C39H53Cl2N6O8S+. The Morgan fingerprint density at radius 1 is 0.839 bits per heavy atom. The summed E-state index contributed by atoms with van der Waals surface area (Å²) >= 11 is 12.4. The Hall–Kier alpha value is -4.18. The number of quaternary nitrogens is 1. The lowest BCUT2D eigenvalue weighted by Crippen LogP contribution is -2.51. The minimum absolute atomic E-state index is 0.0876. The molecule has 0 N–H and O–H groups in total. The van der Waals surface area contributed by atoms with Crippen molar-refractivity contribution in [3.8, 4) is 0 Å². The van der Waals surface area contributed by atoms with Crippen LogP contribution in [0.3, 0.4) is 0 Å². The van der Waals surface area contributed by atoms with Crippen molar-refractivity contribution in [3.05, 3.63) is 64.3 Å². The predicted octanol–water partition coefficient (Wildman–Crippen LogP) is 7.17. The van der Waals surface area contributed by atoms with Crippen molar-refractivity contribution >= 4 is 74.4 Å². The van der Waals surface area contributed by atoms with Crippen LogP contribution < -0.4 is 14.1 Å². The Bertz CT molecular complexity index is 2040. The van der Waals surface area contributed by atoms with Crippen molar-refractivity contribution in [1.82, 2.24) is 9.97 Å². The van der Waals surface area contributed by atoms with Gasteiger partial charge in [0.2, 0.25) is 5.95 Å². The number of anilines is 4. The fourth-order valence-corrected chi connectivity index (χ4v) is 7.90. The number of benzene rings is 2. The molecule has 0 atom stereocenters. The molecule has 1 aliphatic heterocycles. The van der Waals surface area contributed by atoms with Crippen molar-refractivity contribution in [3.63, 3.8) is 0 Å². The van der Waals surface area contributed by atoms with E-state index in [-0.39, 0.29) is 44.2 Å². The highest BCUT2D eigenvalue weighted by Crippen LogP contribution is 2.38. The topological polar surface area (TPSA) is 149 Å². The molecule has 56 heavy (non-hydrogen) atoms. The second-order valence-electron chi connectivity index (χ2n) is 17.2. The Kier molecular flexibility index (Phi) is 13.3. The molecule has 1 aliphatic rings. The predicted molar refractivity (Wildman–Crippen MR) is 217 cm³/mol. The maximum atomic E-state index is 14.1. The molecule has 3 aromatic rings. The van der Waals surface area contributed by atoms with E-state index in [1.165, 1.54) is 23.1 Å². The molecule has 2 aromatic carbocycles. The molecule has 0 unspecified atom stereocenters. The number of sulfonamides is 1. The van der Waals surface area contributed by atoms with Gasteiger partial charge in [0, 0.05) is 28.5 Å². The number of hydrogen-bond acceptors (Lipinski definition) is 11. The average Bonchev–Trinajstić information content (AvgIpc) is 3.44. The number of fused-ring (bicyclic) bond motifs is 1. The van der Waals surface area contributed by atoms with Crippen molar-refractivity contribution in [2.45, 2.75) is 90.4 Å².